The first-order valence-corrected chi connectivity index (χ1v) is 8.90. The summed E-state index contributed by atoms with van der Waals surface area (Å²) in [4.78, 5) is 12.7. The first-order valence-electron chi connectivity index (χ1n) is 8.52. The lowest BCUT2D eigenvalue weighted by molar-refractivity contribution is -0.125. The first kappa shape index (κ1) is 18.3. The maximum Gasteiger partial charge on any atom is 0.244 e. The van der Waals surface area contributed by atoms with E-state index in [-0.39, 0.29) is 23.6 Å². The predicted molar refractivity (Wildman–Crippen MR) is 103 cm³/mol. The third-order valence-electron chi connectivity index (χ3n) is 4.64. The van der Waals surface area contributed by atoms with E-state index >= 15 is 0 Å². The van der Waals surface area contributed by atoms with Crippen molar-refractivity contribution in [3.8, 4) is 0 Å². The van der Waals surface area contributed by atoms with Crippen LogP contribution in [0.15, 0.2) is 65.3 Å². The molecule has 0 aliphatic heterocycles. The molecule has 0 saturated heterocycles. The SMILES string of the molecule is CC1=CCC(C(=O)NN=Cc2ccc(F)cc2)C(c2ccc(Cl)cc2)C1. The second kappa shape index (κ2) is 8.28. The van der Waals surface area contributed by atoms with Crippen LogP contribution in [0.3, 0.4) is 0 Å². The van der Waals surface area contributed by atoms with Gasteiger partial charge in [-0.05, 0) is 61.1 Å². The Morgan fingerprint density at radius 2 is 1.88 bits per heavy atom. The number of hydrogen-bond acceptors (Lipinski definition) is 2. The smallest absolute Gasteiger partial charge is 0.244 e. The number of rotatable bonds is 4. The van der Waals surface area contributed by atoms with Crippen molar-refractivity contribution < 1.29 is 9.18 Å². The summed E-state index contributed by atoms with van der Waals surface area (Å²) in [5.74, 6) is -0.517. The van der Waals surface area contributed by atoms with Crippen LogP contribution in [0.25, 0.3) is 0 Å². The van der Waals surface area contributed by atoms with Gasteiger partial charge in [-0.1, -0.05) is 47.5 Å². The van der Waals surface area contributed by atoms with Gasteiger partial charge in [0.25, 0.3) is 0 Å². The van der Waals surface area contributed by atoms with Gasteiger partial charge in [0.15, 0.2) is 0 Å². The summed E-state index contributed by atoms with van der Waals surface area (Å²) in [5.41, 5.74) is 5.73. The van der Waals surface area contributed by atoms with Crippen LogP contribution < -0.4 is 5.43 Å². The van der Waals surface area contributed by atoms with Crippen molar-refractivity contribution in [2.75, 3.05) is 0 Å². The van der Waals surface area contributed by atoms with Crippen molar-refractivity contribution in [3.63, 3.8) is 0 Å². The summed E-state index contributed by atoms with van der Waals surface area (Å²) < 4.78 is 12.9. The highest BCUT2D eigenvalue weighted by Crippen LogP contribution is 2.38. The summed E-state index contributed by atoms with van der Waals surface area (Å²) in [6, 6.07) is 13.6. The van der Waals surface area contributed by atoms with E-state index < -0.39 is 0 Å². The highest BCUT2D eigenvalue weighted by molar-refractivity contribution is 6.30. The fourth-order valence-corrected chi connectivity index (χ4v) is 3.34. The third-order valence-corrected chi connectivity index (χ3v) is 4.89. The minimum atomic E-state index is -0.304. The van der Waals surface area contributed by atoms with Crippen molar-refractivity contribution in [1.29, 1.82) is 0 Å². The molecule has 0 aromatic heterocycles. The van der Waals surface area contributed by atoms with Crippen molar-refractivity contribution in [2.45, 2.75) is 25.7 Å². The zero-order valence-electron chi connectivity index (χ0n) is 14.5. The Balaban J connectivity index is 1.71. The molecular weight excluding hydrogens is 351 g/mol. The van der Waals surface area contributed by atoms with Gasteiger partial charge >= 0.3 is 0 Å². The van der Waals surface area contributed by atoms with Gasteiger partial charge in [-0.3, -0.25) is 4.79 Å². The molecule has 1 aliphatic rings. The Labute approximate surface area is 157 Å². The molecule has 0 heterocycles. The highest BCUT2D eigenvalue weighted by atomic mass is 35.5. The molecule has 2 unspecified atom stereocenters. The molecule has 0 saturated carbocycles. The van der Waals surface area contributed by atoms with Crippen molar-refractivity contribution in [1.82, 2.24) is 5.43 Å². The highest BCUT2D eigenvalue weighted by Gasteiger charge is 2.31. The van der Waals surface area contributed by atoms with E-state index in [9.17, 15) is 9.18 Å². The molecule has 0 radical (unpaired) electrons. The van der Waals surface area contributed by atoms with Crippen LogP contribution in [-0.4, -0.2) is 12.1 Å². The molecule has 1 amide bonds. The van der Waals surface area contributed by atoms with Crippen LogP contribution in [0.4, 0.5) is 4.39 Å². The Kier molecular flexibility index (Phi) is 5.84. The summed E-state index contributed by atoms with van der Waals surface area (Å²) in [6.07, 6.45) is 5.14. The predicted octanol–water partition coefficient (Wildman–Crippen LogP) is 5.07. The van der Waals surface area contributed by atoms with Crippen LogP contribution in [0, 0.1) is 11.7 Å². The number of allylic oxidation sites excluding steroid dienone is 2. The van der Waals surface area contributed by atoms with E-state index in [1.165, 1.54) is 23.9 Å². The minimum Gasteiger partial charge on any atom is -0.273 e. The van der Waals surface area contributed by atoms with Crippen LogP contribution >= 0.6 is 11.6 Å². The van der Waals surface area contributed by atoms with Crippen molar-refractivity contribution in [3.05, 3.63) is 82.1 Å². The van der Waals surface area contributed by atoms with Gasteiger partial charge in [0.1, 0.15) is 5.82 Å². The summed E-state index contributed by atoms with van der Waals surface area (Å²) in [7, 11) is 0. The van der Waals surface area contributed by atoms with Gasteiger partial charge in [0, 0.05) is 5.02 Å². The molecule has 3 rings (SSSR count). The second-order valence-corrected chi connectivity index (χ2v) is 6.98. The fraction of sp³-hybridized carbons (Fsp3) is 0.238. The number of hydrogen-bond donors (Lipinski definition) is 1. The van der Waals surface area contributed by atoms with E-state index in [1.807, 2.05) is 24.3 Å². The lowest BCUT2D eigenvalue weighted by Gasteiger charge is -2.29. The van der Waals surface area contributed by atoms with Crippen molar-refractivity contribution >= 4 is 23.7 Å². The number of halogens is 2. The van der Waals surface area contributed by atoms with E-state index in [4.69, 9.17) is 11.6 Å². The number of carbonyl (C=O) groups excluding carboxylic acids is 1. The lowest BCUT2D eigenvalue weighted by atomic mass is 9.75. The topological polar surface area (TPSA) is 41.5 Å². The van der Waals surface area contributed by atoms with Gasteiger partial charge < -0.3 is 0 Å². The normalized spacial score (nSPS) is 20.0. The van der Waals surface area contributed by atoms with Gasteiger partial charge in [0.2, 0.25) is 5.91 Å². The summed E-state index contributed by atoms with van der Waals surface area (Å²) in [5, 5.41) is 4.70. The summed E-state index contributed by atoms with van der Waals surface area (Å²) in [6.45, 7) is 2.09. The Bertz CT molecular complexity index is 828. The molecule has 0 bridgehead atoms. The fourth-order valence-electron chi connectivity index (χ4n) is 3.22. The molecular formula is C21H20ClFN2O. The molecule has 134 valence electrons. The maximum absolute atomic E-state index is 12.9. The standard InChI is InChI=1S/C21H20ClFN2O/c1-14-2-11-19(20(12-14)16-5-7-17(22)8-6-16)21(26)25-24-13-15-3-9-18(23)10-4-15/h2-10,13,19-20H,11-12H2,1H3,(H,25,26). The maximum atomic E-state index is 12.9. The molecule has 2 aromatic rings. The van der Waals surface area contributed by atoms with Gasteiger partial charge in [-0.25, -0.2) is 9.82 Å². The first-order chi connectivity index (χ1) is 12.5. The Morgan fingerprint density at radius 1 is 1.19 bits per heavy atom. The molecule has 2 aromatic carbocycles. The number of benzene rings is 2. The lowest BCUT2D eigenvalue weighted by Crippen LogP contribution is -2.33. The molecule has 1 aliphatic carbocycles. The van der Waals surface area contributed by atoms with Crippen LogP contribution in [0.5, 0.6) is 0 Å². The van der Waals surface area contributed by atoms with E-state index in [1.54, 1.807) is 12.1 Å². The summed E-state index contributed by atoms with van der Waals surface area (Å²) >= 11 is 5.98. The van der Waals surface area contributed by atoms with Gasteiger partial charge in [0.05, 0.1) is 12.1 Å². The molecule has 0 fully saturated rings. The zero-order chi connectivity index (χ0) is 18.5. The number of carbonyl (C=O) groups is 1. The largest absolute Gasteiger partial charge is 0.273 e. The Hall–Kier alpha value is -2.46. The van der Waals surface area contributed by atoms with E-state index in [0.717, 1.165) is 17.5 Å². The number of hydrazone groups is 1. The molecule has 5 heteroatoms. The van der Waals surface area contributed by atoms with Gasteiger partial charge in [-0.2, -0.15) is 5.10 Å². The monoisotopic (exact) mass is 370 g/mol. The van der Waals surface area contributed by atoms with Crippen LogP contribution in [0.2, 0.25) is 5.02 Å². The molecule has 0 spiro atoms. The Morgan fingerprint density at radius 3 is 2.58 bits per heavy atom. The van der Waals surface area contributed by atoms with Crippen molar-refractivity contribution in [2.24, 2.45) is 11.0 Å². The average molecular weight is 371 g/mol. The van der Waals surface area contributed by atoms with Gasteiger partial charge in [-0.15, -0.1) is 0 Å². The second-order valence-electron chi connectivity index (χ2n) is 6.54. The molecule has 26 heavy (non-hydrogen) atoms. The third kappa shape index (κ3) is 4.58. The zero-order valence-corrected chi connectivity index (χ0v) is 15.2. The van der Waals surface area contributed by atoms with E-state index in [0.29, 0.717) is 11.4 Å². The van der Waals surface area contributed by atoms with Crippen LogP contribution in [0.1, 0.15) is 36.8 Å². The quantitative estimate of drug-likeness (QED) is 0.455. The molecule has 2 atom stereocenters. The minimum absolute atomic E-state index is 0.0956. The van der Waals surface area contributed by atoms with Crippen LogP contribution in [-0.2, 0) is 4.79 Å². The number of nitrogens with zero attached hydrogens (tertiary/aromatic N) is 1. The number of nitrogens with one attached hydrogen (secondary N) is 1. The molecule has 3 nitrogen and oxygen atoms in total. The van der Waals surface area contributed by atoms with E-state index in [2.05, 4.69) is 23.5 Å². The average Bonchev–Trinajstić information content (AvgIpc) is 2.64. The number of amides is 1. The molecule has 1 N–H and O–H groups in total.